The van der Waals surface area contributed by atoms with Gasteiger partial charge in [-0.1, -0.05) is 143 Å². The van der Waals surface area contributed by atoms with Gasteiger partial charge in [0.05, 0.1) is 42.1 Å². The number of hydrogen-bond acceptors (Lipinski definition) is 13. The maximum Gasteiger partial charge on any atom is 0.245 e. The summed E-state index contributed by atoms with van der Waals surface area (Å²) >= 11 is 0. The zero-order valence-corrected chi connectivity index (χ0v) is 58.1. The first-order chi connectivity index (χ1) is 43.7. The molecule has 2 aliphatic rings. The van der Waals surface area contributed by atoms with Gasteiger partial charge in [0.15, 0.2) is 23.1 Å². The largest absolute Gasteiger partial charge is 0.393 e. The van der Waals surface area contributed by atoms with E-state index in [1.54, 1.807) is 86.3 Å². The monoisotopic (exact) mass is 1290 g/mol. The van der Waals surface area contributed by atoms with Crippen molar-refractivity contribution in [1.29, 1.82) is 0 Å². The topological polar surface area (TPSA) is 295 Å². The van der Waals surface area contributed by atoms with Crippen LogP contribution in [0.4, 0.5) is 0 Å². The zero-order chi connectivity index (χ0) is 69.6. The lowest BCUT2D eigenvalue weighted by Crippen LogP contribution is -2.59. The molecule has 21 nitrogen and oxygen atoms in total. The predicted molar refractivity (Wildman–Crippen MR) is 356 cm³/mol. The molecular weight excluding hydrogens is 1180 g/mol. The van der Waals surface area contributed by atoms with E-state index in [0.717, 1.165) is 6.42 Å². The highest BCUT2D eigenvalue weighted by Crippen LogP contribution is 2.27. The van der Waals surface area contributed by atoms with E-state index in [-0.39, 0.29) is 62.7 Å². The number of nitrogens with one attached hydrogen (secondary N) is 5. The lowest BCUT2D eigenvalue weighted by Gasteiger charge is -2.35. The first-order valence-corrected chi connectivity index (χ1v) is 33.9. The Morgan fingerprint density at radius 2 is 0.989 bits per heavy atom. The van der Waals surface area contributed by atoms with E-state index in [1.165, 1.54) is 44.7 Å². The van der Waals surface area contributed by atoms with E-state index in [1.807, 2.05) is 48.5 Å². The van der Waals surface area contributed by atoms with Gasteiger partial charge < -0.3 is 46.4 Å². The molecule has 13 atom stereocenters. The van der Waals surface area contributed by atoms with Crippen molar-refractivity contribution in [1.82, 2.24) is 41.3 Å². The Morgan fingerprint density at radius 1 is 0.505 bits per heavy atom. The standard InChI is InChI=1S/C72H110N8O13/c1-16-46(10)65-72(93)79(15)59(34-44(6)7)69(90)76-56(33-43(4)5)62(84)41-54(49(13)81)71(92)78(14)58(37-51-28-22-18-23-29-51)63(85)35-47(11)66(87)74-55(32-42(2)3)61(83)40-53(45(8)9)68(89)75-57(36-50-26-20-17-21-27-50)60(82)38-52(70(91)80-30-24-19-25-31-80)39-64(86)73-48(12)67(88)77-65/h17-18,20-23,26-29,42-49,52-59,65,81H,16,19,24-25,30-41H2,1-15H3,(H,73,86)(H,74,87)(H,75,89)(H,76,90)(H,77,88)/t46-,47+,48-,49+,52-,53-,54-,55-,56-,57-,58-,59-,65-/m0/s1. The van der Waals surface area contributed by atoms with E-state index in [9.17, 15) is 62.6 Å². The normalized spacial score (nSPS) is 26.9. The molecule has 516 valence electrons. The van der Waals surface area contributed by atoms with Crippen LogP contribution < -0.4 is 26.6 Å². The minimum Gasteiger partial charge on any atom is -0.393 e. The lowest BCUT2D eigenvalue weighted by atomic mass is 9.85. The second kappa shape index (κ2) is 37.7. The van der Waals surface area contributed by atoms with Gasteiger partial charge in [-0.3, -0.25) is 57.5 Å². The highest BCUT2D eigenvalue weighted by molar-refractivity contribution is 6.00. The van der Waals surface area contributed by atoms with Crippen LogP contribution in [0.3, 0.4) is 0 Å². The molecule has 0 radical (unpaired) electrons. The first kappa shape index (κ1) is 78.3. The Labute approximate surface area is 552 Å². The van der Waals surface area contributed by atoms with E-state index >= 15 is 0 Å². The van der Waals surface area contributed by atoms with Gasteiger partial charge in [0, 0.05) is 71.1 Å². The number of rotatable bonds is 15. The summed E-state index contributed by atoms with van der Waals surface area (Å²) < 4.78 is 0. The molecular formula is C72H110N8O13. The predicted octanol–water partition coefficient (Wildman–Crippen LogP) is 6.53. The molecule has 0 bridgehead atoms. The van der Waals surface area contributed by atoms with Crippen LogP contribution in [0, 0.1) is 53.3 Å². The number of piperidine rings is 1. The van der Waals surface area contributed by atoms with Gasteiger partial charge in [-0.2, -0.15) is 0 Å². The third-order valence-electron chi connectivity index (χ3n) is 18.4. The molecule has 0 aromatic heterocycles. The van der Waals surface area contributed by atoms with Crippen LogP contribution in [0.15, 0.2) is 60.7 Å². The quantitative estimate of drug-likeness (QED) is 0.111. The van der Waals surface area contributed by atoms with Crippen molar-refractivity contribution in [2.45, 2.75) is 228 Å². The van der Waals surface area contributed by atoms with Gasteiger partial charge in [-0.25, -0.2) is 0 Å². The molecule has 2 saturated heterocycles. The molecule has 21 heteroatoms. The molecule has 2 aliphatic heterocycles. The van der Waals surface area contributed by atoms with Crippen LogP contribution in [0.1, 0.15) is 178 Å². The van der Waals surface area contributed by atoms with Crippen molar-refractivity contribution in [3.05, 3.63) is 71.8 Å². The molecule has 4 rings (SSSR count). The Morgan fingerprint density at radius 3 is 1.49 bits per heavy atom. The fourth-order valence-corrected chi connectivity index (χ4v) is 12.3. The average Bonchev–Trinajstić information content (AvgIpc) is 0.904. The summed E-state index contributed by atoms with van der Waals surface area (Å²) in [5, 5.41) is 25.6. The molecule has 0 saturated carbocycles. The number of ketones is 4. The lowest BCUT2D eigenvalue weighted by molar-refractivity contribution is -0.147. The number of nitrogens with zero attached hydrogens (tertiary/aromatic N) is 3. The Balaban J connectivity index is 1.87. The molecule has 0 unspecified atom stereocenters. The summed E-state index contributed by atoms with van der Waals surface area (Å²) in [6.45, 7) is 23.4. The van der Waals surface area contributed by atoms with E-state index in [4.69, 9.17) is 0 Å². The molecule has 2 heterocycles. The van der Waals surface area contributed by atoms with Crippen molar-refractivity contribution in [2.75, 3.05) is 27.2 Å². The number of amides is 8. The highest BCUT2D eigenvalue weighted by Gasteiger charge is 2.42. The summed E-state index contributed by atoms with van der Waals surface area (Å²) in [5.74, 6) is -13.4. The van der Waals surface area contributed by atoms with Crippen LogP contribution in [0.25, 0.3) is 0 Å². The van der Waals surface area contributed by atoms with E-state index in [2.05, 4.69) is 26.6 Å². The van der Waals surface area contributed by atoms with Gasteiger partial charge in [0.1, 0.15) is 18.1 Å². The number of aliphatic hydroxyl groups excluding tert-OH is 1. The third kappa shape index (κ3) is 24.3. The fraction of sp³-hybridized carbons (Fsp3) is 0.667. The molecule has 93 heavy (non-hydrogen) atoms. The van der Waals surface area contributed by atoms with Crippen LogP contribution in [0.5, 0.6) is 0 Å². The smallest absolute Gasteiger partial charge is 0.245 e. The SMILES string of the molecule is CC[C@H](C)[C@@H]1NC(=O)[C@H](C)NC(=O)C[C@@H](C(=O)N2CCCCC2)CC(=O)[C@H](Cc2ccccc2)NC(=O)[C@H](C(C)C)CC(=O)[C@H](CC(C)C)NC(=O)[C@H](C)CC(=O)[C@H](Cc2ccccc2)N(C)C(=O)[C@H]([C@@H](C)O)CC(=O)[C@H](CC(C)C)NC(=O)[C@H](CC(C)C)N(C)C1=O. The van der Waals surface area contributed by atoms with E-state index in [0.29, 0.717) is 43.5 Å². The van der Waals surface area contributed by atoms with Crippen molar-refractivity contribution in [3.63, 3.8) is 0 Å². The Bertz CT molecular complexity index is 2860. The molecule has 2 aromatic carbocycles. The Kier molecular flexibility index (Phi) is 31.7. The van der Waals surface area contributed by atoms with Crippen LogP contribution in [-0.4, -0.2) is 166 Å². The average molecular weight is 1300 g/mol. The molecule has 0 spiro atoms. The van der Waals surface area contributed by atoms with Gasteiger partial charge >= 0.3 is 0 Å². The van der Waals surface area contributed by atoms with Crippen LogP contribution in [0.2, 0.25) is 0 Å². The summed E-state index contributed by atoms with van der Waals surface area (Å²) in [7, 11) is 2.85. The van der Waals surface area contributed by atoms with Gasteiger partial charge in [0.2, 0.25) is 47.3 Å². The minimum absolute atomic E-state index is 0.00458. The third-order valence-corrected chi connectivity index (χ3v) is 18.4. The van der Waals surface area contributed by atoms with Crippen LogP contribution >= 0.6 is 0 Å². The summed E-state index contributed by atoms with van der Waals surface area (Å²) in [6.07, 6.45) is -0.496. The van der Waals surface area contributed by atoms with Gasteiger partial charge in [-0.05, 0) is 106 Å². The number of likely N-dealkylation sites (tertiary alicyclic amines) is 1. The summed E-state index contributed by atoms with van der Waals surface area (Å²) in [5.41, 5.74) is 1.37. The summed E-state index contributed by atoms with van der Waals surface area (Å²) in [6, 6.07) is 9.49. The molecule has 6 N–H and O–H groups in total. The molecule has 2 aromatic rings. The van der Waals surface area contributed by atoms with Crippen molar-refractivity contribution < 1.29 is 62.6 Å². The van der Waals surface area contributed by atoms with Gasteiger partial charge in [-0.15, -0.1) is 0 Å². The highest BCUT2D eigenvalue weighted by atomic mass is 16.3. The number of benzene rings is 2. The number of likely N-dealkylation sites (N-methyl/N-ethyl adjacent to an activating group) is 2. The van der Waals surface area contributed by atoms with Gasteiger partial charge in [0.25, 0.3) is 0 Å². The number of carbonyl (C=O) groups is 12. The minimum atomic E-state index is -1.42. The van der Waals surface area contributed by atoms with Crippen molar-refractivity contribution in [2.24, 2.45) is 53.3 Å². The maximum absolute atomic E-state index is 14.9. The Hall–Kier alpha value is -7.16. The number of Topliss-reactive ketones (excluding diaryl/α,β-unsaturated/α-hetero) is 4. The van der Waals surface area contributed by atoms with E-state index < -0.39 is 174 Å². The first-order valence-electron chi connectivity index (χ1n) is 33.9. The summed E-state index contributed by atoms with van der Waals surface area (Å²) in [4.78, 5) is 180. The van der Waals surface area contributed by atoms with Crippen LogP contribution in [-0.2, 0) is 70.4 Å². The maximum atomic E-state index is 14.9. The second-order valence-electron chi connectivity index (χ2n) is 28.1. The number of hydrogen-bond donors (Lipinski definition) is 6. The zero-order valence-electron chi connectivity index (χ0n) is 58.1. The van der Waals surface area contributed by atoms with Crippen molar-refractivity contribution >= 4 is 70.4 Å². The molecule has 8 amide bonds. The number of aliphatic hydroxyl groups is 1. The molecule has 0 aliphatic carbocycles. The molecule has 2 fully saturated rings. The second-order valence-corrected chi connectivity index (χ2v) is 28.1. The van der Waals surface area contributed by atoms with Crippen molar-refractivity contribution in [3.8, 4) is 0 Å². The number of carbonyl (C=O) groups excluding carboxylic acids is 12. The fourth-order valence-electron chi connectivity index (χ4n) is 12.3.